The molecular weight excluding hydrogens is 361 g/mol. The molecule has 0 radical (unpaired) electrons. The van der Waals surface area contributed by atoms with Gasteiger partial charge in [-0.05, 0) is 29.2 Å². The van der Waals surface area contributed by atoms with Crippen LogP contribution in [-0.4, -0.2) is 25.1 Å². The van der Waals surface area contributed by atoms with Crippen molar-refractivity contribution in [3.05, 3.63) is 65.5 Å². The summed E-state index contributed by atoms with van der Waals surface area (Å²) in [6.07, 6.45) is 0.0294. The predicted octanol–water partition coefficient (Wildman–Crippen LogP) is 3.75. The van der Waals surface area contributed by atoms with Gasteiger partial charge < -0.3 is 14.8 Å². The van der Waals surface area contributed by atoms with Crippen LogP contribution < -0.4 is 10.1 Å². The Bertz CT molecular complexity index is 797. The number of carbonyl (C=O) groups is 2. The number of amides is 1. The van der Waals surface area contributed by atoms with Gasteiger partial charge in [0.05, 0.1) is 13.0 Å². The molecule has 5 nitrogen and oxygen atoms in total. The van der Waals surface area contributed by atoms with Crippen LogP contribution in [0.3, 0.4) is 0 Å². The molecule has 6 heteroatoms. The summed E-state index contributed by atoms with van der Waals surface area (Å²) >= 11 is 0. The van der Waals surface area contributed by atoms with Crippen molar-refractivity contribution in [2.24, 2.45) is 0 Å². The van der Waals surface area contributed by atoms with Gasteiger partial charge in [-0.25, -0.2) is 4.39 Å². The van der Waals surface area contributed by atoms with E-state index in [1.54, 1.807) is 18.2 Å². The monoisotopic (exact) mass is 387 g/mol. The molecule has 0 atom stereocenters. The lowest BCUT2D eigenvalue weighted by Crippen LogP contribution is -2.28. The van der Waals surface area contributed by atoms with Gasteiger partial charge >= 0.3 is 5.97 Å². The third-order valence-corrected chi connectivity index (χ3v) is 4.09. The summed E-state index contributed by atoms with van der Waals surface area (Å²) in [5.41, 5.74) is 1.63. The van der Waals surface area contributed by atoms with E-state index in [4.69, 9.17) is 9.47 Å². The first kappa shape index (κ1) is 21.4. The number of esters is 1. The third kappa shape index (κ3) is 7.02. The van der Waals surface area contributed by atoms with Gasteiger partial charge in [0.2, 0.25) is 0 Å². The summed E-state index contributed by atoms with van der Waals surface area (Å²) in [6, 6.07) is 13.9. The minimum absolute atomic E-state index is 0.0294. The molecule has 0 aliphatic carbocycles. The smallest absolute Gasteiger partial charge is 0.309 e. The Morgan fingerprint density at radius 3 is 2.36 bits per heavy atom. The molecule has 2 aromatic carbocycles. The van der Waals surface area contributed by atoms with E-state index < -0.39 is 24.3 Å². The Morgan fingerprint density at radius 1 is 1.04 bits per heavy atom. The molecule has 2 aromatic rings. The van der Waals surface area contributed by atoms with E-state index in [9.17, 15) is 14.0 Å². The third-order valence-electron chi connectivity index (χ3n) is 4.09. The van der Waals surface area contributed by atoms with Crippen molar-refractivity contribution in [3.8, 4) is 5.75 Å². The summed E-state index contributed by atoms with van der Waals surface area (Å²) < 4.78 is 23.9. The Morgan fingerprint density at radius 2 is 1.71 bits per heavy atom. The SMILES string of the molecule is CC(C)(C)c1ccc(OCCC(=O)OCC(=O)NCc2ccccc2F)cc1. The van der Waals surface area contributed by atoms with Gasteiger partial charge in [0.1, 0.15) is 11.6 Å². The van der Waals surface area contributed by atoms with Crippen LogP contribution in [0.1, 0.15) is 38.3 Å². The van der Waals surface area contributed by atoms with Gasteiger partial charge in [0.25, 0.3) is 5.91 Å². The Labute approximate surface area is 164 Å². The number of nitrogens with one attached hydrogen (secondary N) is 1. The van der Waals surface area contributed by atoms with Crippen LogP contribution in [0.4, 0.5) is 4.39 Å². The van der Waals surface area contributed by atoms with E-state index in [-0.39, 0.29) is 25.0 Å². The Hall–Kier alpha value is -2.89. The number of ether oxygens (including phenoxy) is 2. The van der Waals surface area contributed by atoms with Crippen LogP contribution in [0.25, 0.3) is 0 Å². The van der Waals surface area contributed by atoms with Crippen LogP contribution in [-0.2, 0) is 26.3 Å². The standard InChI is InChI=1S/C22H26FNO4/c1-22(2,3)17-8-10-18(11-9-17)27-13-12-21(26)28-15-20(25)24-14-16-6-4-5-7-19(16)23/h4-11H,12-15H2,1-3H3,(H,24,25). The fourth-order valence-corrected chi connectivity index (χ4v) is 2.41. The van der Waals surface area contributed by atoms with Crippen molar-refractivity contribution in [2.75, 3.05) is 13.2 Å². The molecule has 0 aliphatic rings. The minimum atomic E-state index is -0.535. The molecule has 1 N–H and O–H groups in total. The zero-order valence-corrected chi connectivity index (χ0v) is 16.5. The van der Waals surface area contributed by atoms with Gasteiger partial charge in [-0.3, -0.25) is 9.59 Å². The van der Waals surface area contributed by atoms with Gasteiger partial charge in [-0.2, -0.15) is 0 Å². The number of benzene rings is 2. The molecule has 0 aliphatic heterocycles. The van der Waals surface area contributed by atoms with E-state index in [0.29, 0.717) is 11.3 Å². The Kier molecular flexibility index (Phi) is 7.55. The van der Waals surface area contributed by atoms with Crippen LogP contribution in [0.5, 0.6) is 5.75 Å². The average molecular weight is 387 g/mol. The fraction of sp³-hybridized carbons (Fsp3) is 0.364. The lowest BCUT2D eigenvalue weighted by atomic mass is 9.87. The summed E-state index contributed by atoms with van der Waals surface area (Å²) in [4.78, 5) is 23.4. The Balaban J connectivity index is 1.64. The van der Waals surface area contributed by atoms with Crippen LogP contribution in [0.2, 0.25) is 0 Å². The molecule has 0 aromatic heterocycles. The largest absolute Gasteiger partial charge is 0.493 e. The highest BCUT2D eigenvalue weighted by atomic mass is 19.1. The highest BCUT2D eigenvalue weighted by Gasteiger charge is 2.13. The van der Waals surface area contributed by atoms with Crippen molar-refractivity contribution in [1.29, 1.82) is 0 Å². The van der Waals surface area contributed by atoms with E-state index in [0.717, 1.165) is 0 Å². The predicted molar refractivity (Wildman–Crippen MR) is 104 cm³/mol. The number of rotatable bonds is 8. The molecule has 150 valence electrons. The van der Waals surface area contributed by atoms with Gasteiger partial charge in [-0.15, -0.1) is 0 Å². The normalized spacial score (nSPS) is 11.0. The maximum absolute atomic E-state index is 13.5. The molecule has 0 saturated carbocycles. The first-order valence-electron chi connectivity index (χ1n) is 9.15. The highest BCUT2D eigenvalue weighted by Crippen LogP contribution is 2.24. The number of hydrogen-bond acceptors (Lipinski definition) is 4. The second-order valence-corrected chi connectivity index (χ2v) is 7.40. The van der Waals surface area contributed by atoms with Gasteiger partial charge in [0.15, 0.2) is 6.61 Å². The molecule has 2 rings (SSSR count). The maximum atomic E-state index is 13.5. The molecule has 0 saturated heterocycles. The lowest BCUT2D eigenvalue weighted by molar-refractivity contribution is -0.149. The molecule has 1 amide bonds. The summed E-state index contributed by atoms with van der Waals surface area (Å²) in [5, 5.41) is 2.51. The highest BCUT2D eigenvalue weighted by molar-refractivity contribution is 5.80. The quantitative estimate of drug-likeness (QED) is 0.701. The summed E-state index contributed by atoms with van der Waals surface area (Å²) in [6.45, 7) is 6.18. The van der Waals surface area contributed by atoms with Crippen molar-refractivity contribution in [3.63, 3.8) is 0 Å². The second kappa shape index (κ2) is 9.88. The molecule has 28 heavy (non-hydrogen) atoms. The van der Waals surface area contributed by atoms with Crippen LogP contribution in [0, 0.1) is 5.82 Å². The molecule has 0 spiro atoms. The number of hydrogen-bond donors (Lipinski definition) is 1. The van der Waals surface area contributed by atoms with Crippen molar-refractivity contribution >= 4 is 11.9 Å². The molecule has 0 bridgehead atoms. The van der Waals surface area contributed by atoms with E-state index >= 15 is 0 Å². The van der Waals surface area contributed by atoms with Gasteiger partial charge in [-0.1, -0.05) is 51.1 Å². The van der Waals surface area contributed by atoms with Crippen molar-refractivity contribution < 1.29 is 23.5 Å². The summed E-state index contributed by atoms with van der Waals surface area (Å²) in [7, 11) is 0. The lowest BCUT2D eigenvalue weighted by Gasteiger charge is -2.19. The van der Waals surface area contributed by atoms with E-state index in [2.05, 4.69) is 26.1 Å². The number of carbonyl (C=O) groups excluding carboxylic acids is 2. The first-order valence-corrected chi connectivity index (χ1v) is 9.15. The van der Waals surface area contributed by atoms with Crippen LogP contribution >= 0.6 is 0 Å². The van der Waals surface area contributed by atoms with Gasteiger partial charge in [0, 0.05) is 12.1 Å². The maximum Gasteiger partial charge on any atom is 0.309 e. The van der Waals surface area contributed by atoms with E-state index in [1.807, 2.05) is 24.3 Å². The molecule has 0 heterocycles. The average Bonchev–Trinajstić information content (AvgIpc) is 2.65. The van der Waals surface area contributed by atoms with E-state index in [1.165, 1.54) is 11.6 Å². The fourth-order valence-electron chi connectivity index (χ4n) is 2.41. The topological polar surface area (TPSA) is 64.6 Å². The molecular formula is C22H26FNO4. The summed E-state index contributed by atoms with van der Waals surface area (Å²) in [5.74, 6) is -0.751. The molecule has 0 fully saturated rings. The first-order chi connectivity index (χ1) is 13.3. The second-order valence-electron chi connectivity index (χ2n) is 7.40. The molecule has 0 unspecified atom stereocenters. The zero-order chi connectivity index (χ0) is 20.6. The minimum Gasteiger partial charge on any atom is -0.493 e. The zero-order valence-electron chi connectivity index (χ0n) is 16.5. The van der Waals surface area contributed by atoms with Crippen molar-refractivity contribution in [1.82, 2.24) is 5.32 Å². The number of halogens is 1. The van der Waals surface area contributed by atoms with Crippen LogP contribution in [0.15, 0.2) is 48.5 Å². The van der Waals surface area contributed by atoms with Crippen molar-refractivity contribution in [2.45, 2.75) is 39.2 Å².